The lowest BCUT2D eigenvalue weighted by molar-refractivity contribution is 0.117. The first-order valence-electron chi connectivity index (χ1n) is 6.36. The van der Waals surface area contributed by atoms with Gasteiger partial charge in [0.2, 0.25) is 0 Å². The van der Waals surface area contributed by atoms with E-state index in [4.69, 9.17) is 21.3 Å². The normalized spacial score (nSPS) is 18.2. The van der Waals surface area contributed by atoms with Crippen molar-refractivity contribution in [2.24, 2.45) is 0 Å². The van der Waals surface area contributed by atoms with Crippen molar-refractivity contribution in [3.63, 3.8) is 0 Å². The molecule has 1 heterocycles. The van der Waals surface area contributed by atoms with Crippen LogP contribution in [0.4, 0.5) is 0 Å². The van der Waals surface area contributed by atoms with E-state index in [9.17, 15) is 0 Å². The van der Waals surface area contributed by atoms with E-state index in [-0.39, 0.29) is 6.10 Å². The fourth-order valence-corrected chi connectivity index (χ4v) is 3.26. The van der Waals surface area contributed by atoms with E-state index in [2.05, 4.69) is 27.6 Å². The molecule has 1 aliphatic carbocycles. The van der Waals surface area contributed by atoms with Crippen molar-refractivity contribution >= 4 is 34.2 Å². The zero-order chi connectivity index (χ0) is 13.1. The van der Waals surface area contributed by atoms with Gasteiger partial charge < -0.3 is 4.74 Å². The van der Waals surface area contributed by atoms with Crippen molar-refractivity contribution < 1.29 is 4.74 Å². The average molecular weight is 381 g/mol. The molecule has 1 unspecified atom stereocenters. The highest BCUT2D eigenvalue weighted by Gasteiger charge is 2.23. The summed E-state index contributed by atoms with van der Waals surface area (Å²) >= 11 is 8.49. The Kier molecular flexibility index (Phi) is 5.21. The Bertz CT molecular complexity index is 422. The van der Waals surface area contributed by atoms with Crippen molar-refractivity contribution in [3.8, 4) is 0 Å². The van der Waals surface area contributed by atoms with Gasteiger partial charge in [0.25, 0.3) is 0 Å². The predicted molar refractivity (Wildman–Crippen MR) is 81.1 cm³/mol. The summed E-state index contributed by atoms with van der Waals surface area (Å²) < 4.78 is 6.29. The molecule has 0 aliphatic heterocycles. The maximum absolute atomic E-state index is 6.22. The molecule has 0 amide bonds. The molecule has 1 aromatic heterocycles. The van der Waals surface area contributed by atoms with Crippen LogP contribution in [0.1, 0.15) is 50.0 Å². The standard InChI is InChI=1S/C13H18ClIN2O/c1-8(18-2)7-10-16-12(9-5-3-4-6-9)11(15)13(14)17-10/h8-9H,3-7H2,1-2H3. The number of rotatable bonds is 4. The summed E-state index contributed by atoms with van der Waals surface area (Å²) in [6, 6.07) is 0. The molecule has 0 N–H and O–H groups in total. The number of methoxy groups -OCH3 is 1. The van der Waals surface area contributed by atoms with Crippen molar-refractivity contribution in [1.82, 2.24) is 9.97 Å². The van der Waals surface area contributed by atoms with Crippen molar-refractivity contribution in [3.05, 3.63) is 20.2 Å². The monoisotopic (exact) mass is 380 g/mol. The Labute approximate surface area is 127 Å². The van der Waals surface area contributed by atoms with Crippen LogP contribution >= 0.6 is 34.2 Å². The molecule has 1 saturated carbocycles. The number of aromatic nitrogens is 2. The van der Waals surface area contributed by atoms with Crippen LogP contribution in [0.15, 0.2) is 0 Å². The summed E-state index contributed by atoms with van der Waals surface area (Å²) in [5.74, 6) is 1.37. The van der Waals surface area contributed by atoms with E-state index >= 15 is 0 Å². The number of halogens is 2. The van der Waals surface area contributed by atoms with Crippen LogP contribution in [0.2, 0.25) is 5.15 Å². The number of hydrogen-bond donors (Lipinski definition) is 0. The molecular weight excluding hydrogens is 363 g/mol. The van der Waals surface area contributed by atoms with Gasteiger partial charge in [0.1, 0.15) is 11.0 Å². The van der Waals surface area contributed by atoms with Crippen LogP contribution in [-0.2, 0) is 11.2 Å². The van der Waals surface area contributed by atoms with Gasteiger partial charge in [0, 0.05) is 19.4 Å². The first kappa shape index (κ1) is 14.5. The summed E-state index contributed by atoms with van der Waals surface area (Å²) in [5, 5.41) is 0.589. The number of ether oxygens (including phenoxy) is 1. The van der Waals surface area contributed by atoms with Crippen LogP contribution in [0.5, 0.6) is 0 Å². The lowest BCUT2D eigenvalue weighted by atomic mass is 10.0. The molecule has 0 bridgehead atoms. The molecular formula is C13H18ClIN2O. The van der Waals surface area contributed by atoms with Gasteiger partial charge in [-0.3, -0.25) is 0 Å². The first-order chi connectivity index (χ1) is 8.61. The smallest absolute Gasteiger partial charge is 0.146 e. The third-order valence-corrected chi connectivity index (χ3v) is 5.15. The first-order valence-corrected chi connectivity index (χ1v) is 7.82. The van der Waals surface area contributed by atoms with Crippen LogP contribution in [0.25, 0.3) is 0 Å². The number of hydrogen-bond acceptors (Lipinski definition) is 3. The van der Waals surface area contributed by atoms with Gasteiger partial charge in [-0.1, -0.05) is 24.4 Å². The lowest BCUT2D eigenvalue weighted by Crippen LogP contribution is -2.14. The van der Waals surface area contributed by atoms with E-state index in [1.807, 2.05) is 6.92 Å². The molecule has 0 saturated heterocycles. The minimum absolute atomic E-state index is 0.123. The predicted octanol–water partition coefficient (Wildman–Crippen LogP) is 3.97. The summed E-state index contributed by atoms with van der Waals surface area (Å²) in [6.07, 6.45) is 5.88. The molecule has 2 rings (SSSR count). The highest BCUT2D eigenvalue weighted by atomic mass is 127. The highest BCUT2D eigenvalue weighted by Crippen LogP contribution is 2.36. The second kappa shape index (κ2) is 6.48. The maximum atomic E-state index is 6.22. The van der Waals surface area contributed by atoms with E-state index in [0.717, 1.165) is 15.1 Å². The zero-order valence-corrected chi connectivity index (χ0v) is 13.7. The van der Waals surface area contributed by atoms with Gasteiger partial charge >= 0.3 is 0 Å². The third-order valence-electron chi connectivity index (χ3n) is 3.50. The molecule has 3 nitrogen and oxygen atoms in total. The van der Waals surface area contributed by atoms with Gasteiger partial charge in [0.15, 0.2) is 0 Å². The Morgan fingerprint density at radius 3 is 2.67 bits per heavy atom. The Hall–Kier alpha value is 0.0600. The summed E-state index contributed by atoms with van der Waals surface area (Å²) in [7, 11) is 1.71. The molecule has 1 fully saturated rings. The topological polar surface area (TPSA) is 35.0 Å². The second-order valence-electron chi connectivity index (χ2n) is 4.86. The summed E-state index contributed by atoms with van der Waals surface area (Å²) in [5.41, 5.74) is 1.14. The maximum Gasteiger partial charge on any atom is 0.146 e. The minimum Gasteiger partial charge on any atom is -0.381 e. The summed E-state index contributed by atoms with van der Waals surface area (Å²) in [6.45, 7) is 2.02. The van der Waals surface area contributed by atoms with Gasteiger partial charge in [-0.05, 0) is 42.4 Å². The van der Waals surface area contributed by atoms with Crippen LogP contribution < -0.4 is 0 Å². The van der Waals surface area contributed by atoms with E-state index in [0.29, 0.717) is 17.5 Å². The molecule has 0 aromatic carbocycles. The quantitative estimate of drug-likeness (QED) is 0.585. The minimum atomic E-state index is 0.123. The van der Waals surface area contributed by atoms with E-state index in [1.54, 1.807) is 7.11 Å². The van der Waals surface area contributed by atoms with Gasteiger partial charge in [-0.2, -0.15) is 0 Å². The van der Waals surface area contributed by atoms with Crippen LogP contribution in [0, 0.1) is 3.57 Å². The van der Waals surface area contributed by atoms with E-state index in [1.165, 1.54) is 25.7 Å². The number of nitrogens with zero attached hydrogens (tertiary/aromatic N) is 2. The van der Waals surface area contributed by atoms with E-state index < -0.39 is 0 Å². The average Bonchev–Trinajstić information content (AvgIpc) is 2.87. The zero-order valence-electron chi connectivity index (χ0n) is 10.7. The molecule has 0 radical (unpaired) electrons. The molecule has 1 aliphatic rings. The van der Waals surface area contributed by atoms with Crippen molar-refractivity contribution in [2.45, 2.75) is 51.0 Å². The van der Waals surface area contributed by atoms with Crippen molar-refractivity contribution in [2.75, 3.05) is 7.11 Å². The SMILES string of the molecule is COC(C)Cc1nc(Cl)c(I)c(C2CCCC2)n1. The molecule has 18 heavy (non-hydrogen) atoms. The molecule has 1 atom stereocenters. The fraction of sp³-hybridized carbons (Fsp3) is 0.692. The second-order valence-corrected chi connectivity index (χ2v) is 6.30. The molecule has 1 aromatic rings. The Balaban J connectivity index is 2.27. The molecule has 0 spiro atoms. The highest BCUT2D eigenvalue weighted by molar-refractivity contribution is 14.1. The van der Waals surface area contributed by atoms with Crippen LogP contribution in [0.3, 0.4) is 0 Å². The Morgan fingerprint density at radius 2 is 2.06 bits per heavy atom. The molecule has 5 heteroatoms. The summed E-state index contributed by atoms with van der Waals surface area (Å²) in [4.78, 5) is 9.08. The van der Waals surface area contributed by atoms with Crippen LogP contribution in [-0.4, -0.2) is 23.2 Å². The Morgan fingerprint density at radius 1 is 1.39 bits per heavy atom. The molecule has 100 valence electrons. The lowest BCUT2D eigenvalue weighted by Gasteiger charge is -2.15. The fourth-order valence-electron chi connectivity index (χ4n) is 2.38. The largest absolute Gasteiger partial charge is 0.381 e. The van der Waals surface area contributed by atoms with Gasteiger partial charge in [-0.25, -0.2) is 9.97 Å². The van der Waals surface area contributed by atoms with Gasteiger partial charge in [0.05, 0.1) is 15.4 Å². The third kappa shape index (κ3) is 3.33. The van der Waals surface area contributed by atoms with Crippen molar-refractivity contribution in [1.29, 1.82) is 0 Å². The van der Waals surface area contributed by atoms with Gasteiger partial charge in [-0.15, -0.1) is 0 Å².